The highest BCUT2D eigenvalue weighted by atomic mass is 32.2. The number of aryl methyl sites for hydroxylation is 1. The van der Waals surface area contributed by atoms with Gasteiger partial charge in [-0.2, -0.15) is 13.2 Å². The number of alkyl halides is 3. The lowest BCUT2D eigenvalue weighted by molar-refractivity contribution is -0.192. The van der Waals surface area contributed by atoms with E-state index in [1.807, 2.05) is 0 Å². The number of aliphatic carboxylic acids is 1. The number of nitrogens with zero attached hydrogens (tertiary/aromatic N) is 2. The fourth-order valence-electron chi connectivity index (χ4n) is 9.03. The van der Waals surface area contributed by atoms with Crippen LogP contribution < -0.4 is 15.4 Å². The van der Waals surface area contributed by atoms with Crippen molar-refractivity contribution < 1.29 is 55.4 Å². The van der Waals surface area contributed by atoms with Crippen molar-refractivity contribution in [2.75, 3.05) is 6.54 Å². The molecule has 3 aliphatic heterocycles. The molecule has 4 amide bonds. The van der Waals surface area contributed by atoms with Gasteiger partial charge in [0, 0.05) is 31.5 Å². The van der Waals surface area contributed by atoms with Gasteiger partial charge >= 0.3 is 18.2 Å². The van der Waals surface area contributed by atoms with E-state index < -0.39 is 75.0 Å². The number of hydrogen-bond donors (Lipinski definition) is 4. The summed E-state index contributed by atoms with van der Waals surface area (Å²) in [6.07, 6.45) is 7.77. The predicted molar refractivity (Wildman–Crippen MR) is 209 cm³/mol. The Morgan fingerprint density at radius 2 is 1.63 bits per heavy atom. The summed E-state index contributed by atoms with van der Waals surface area (Å²) in [5.74, 6) is -4.65. The monoisotopic (exact) mass is 851 g/mol. The van der Waals surface area contributed by atoms with Crippen molar-refractivity contribution in [2.45, 2.75) is 158 Å². The van der Waals surface area contributed by atoms with Gasteiger partial charge in [0.15, 0.2) is 0 Å². The number of fused-ring (bicyclic) bond motifs is 3. The molecule has 3 saturated carbocycles. The van der Waals surface area contributed by atoms with E-state index in [1.165, 1.54) is 11.1 Å². The van der Waals surface area contributed by atoms with Gasteiger partial charge < -0.3 is 25.4 Å². The summed E-state index contributed by atoms with van der Waals surface area (Å²) < 4.78 is 65.5. The molecule has 1 aromatic rings. The second kappa shape index (κ2) is 18.2. The molecule has 6 atom stereocenters. The van der Waals surface area contributed by atoms with Gasteiger partial charge in [-0.25, -0.2) is 18.0 Å². The zero-order valence-corrected chi connectivity index (χ0v) is 34.3. The van der Waals surface area contributed by atoms with Gasteiger partial charge in [-0.05, 0) is 80.9 Å². The van der Waals surface area contributed by atoms with E-state index in [0.717, 1.165) is 76.2 Å². The normalized spacial score (nSPS) is 29.5. The molecule has 4 fully saturated rings. The van der Waals surface area contributed by atoms with Gasteiger partial charge in [-0.1, -0.05) is 62.8 Å². The van der Waals surface area contributed by atoms with Gasteiger partial charge in [0.25, 0.3) is 5.91 Å². The number of hydrogen-bond acceptors (Lipinski definition) is 9. The third-order valence-electron chi connectivity index (χ3n) is 12.6. The largest absolute Gasteiger partial charge is 0.490 e. The Balaban J connectivity index is 0.000000768. The second-order valence-electron chi connectivity index (χ2n) is 17.0. The van der Waals surface area contributed by atoms with Crippen molar-refractivity contribution in [3.8, 4) is 0 Å². The molecule has 0 unspecified atom stereocenters. The van der Waals surface area contributed by atoms with Crippen LogP contribution in [0.3, 0.4) is 0 Å². The van der Waals surface area contributed by atoms with Crippen molar-refractivity contribution in [3.05, 3.63) is 47.5 Å². The minimum Gasteiger partial charge on any atom is -0.475 e. The lowest BCUT2D eigenvalue weighted by atomic mass is 9.82. The van der Waals surface area contributed by atoms with E-state index >= 15 is 0 Å². The van der Waals surface area contributed by atoms with Crippen LogP contribution in [0.25, 0.3) is 0 Å². The van der Waals surface area contributed by atoms with Crippen molar-refractivity contribution >= 4 is 39.8 Å². The Morgan fingerprint density at radius 1 is 0.983 bits per heavy atom. The first-order valence-corrected chi connectivity index (χ1v) is 22.4. The van der Waals surface area contributed by atoms with E-state index in [9.17, 15) is 40.8 Å². The number of carbonyl (C=O) groups excluding carboxylic acids is 4. The molecule has 3 aliphatic carbocycles. The zero-order chi connectivity index (χ0) is 42.7. The molecule has 326 valence electrons. The molecule has 0 spiro atoms. The summed E-state index contributed by atoms with van der Waals surface area (Å²) in [6, 6.07) is 4.84. The number of ether oxygens (including phenoxy) is 1. The fourth-order valence-corrected chi connectivity index (χ4v) is 10.4. The van der Waals surface area contributed by atoms with Crippen LogP contribution in [0.1, 0.15) is 114 Å². The zero-order valence-electron chi connectivity index (χ0n) is 33.4. The number of halogens is 3. The molecule has 4 bridgehead atoms. The number of sulfonamides is 1. The summed E-state index contributed by atoms with van der Waals surface area (Å²) in [5.41, 5.74) is 2.09. The summed E-state index contributed by atoms with van der Waals surface area (Å²) in [7, 11) is -3.85. The molecule has 1 aromatic carbocycles. The second-order valence-corrected chi connectivity index (χ2v) is 19.0. The lowest BCUT2D eigenvalue weighted by Crippen LogP contribution is -2.59. The highest BCUT2D eigenvalue weighted by molar-refractivity contribution is 7.91. The molecule has 0 radical (unpaired) electrons. The molecule has 6 aliphatic rings. The third-order valence-corrected chi connectivity index (χ3v) is 14.4. The first kappa shape index (κ1) is 44.4. The smallest absolute Gasteiger partial charge is 0.475 e. The van der Waals surface area contributed by atoms with E-state index in [4.69, 9.17) is 14.6 Å². The van der Waals surface area contributed by atoms with Crippen LogP contribution in [-0.4, -0.2) is 101 Å². The molecule has 59 heavy (non-hydrogen) atoms. The minimum absolute atomic E-state index is 0.0497. The molecule has 14 nitrogen and oxygen atoms in total. The maximum atomic E-state index is 14.8. The predicted octanol–water partition coefficient (Wildman–Crippen LogP) is 4.84. The Labute approximate surface area is 343 Å². The summed E-state index contributed by atoms with van der Waals surface area (Å²) >= 11 is 0. The van der Waals surface area contributed by atoms with E-state index in [0.29, 0.717) is 25.9 Å². The minimum atomic E-state index is -5.08. The number of carboxylic acid groups (broad SMARTS) is 1. The highest BCUT2D eigenvalue weighted by Gasteiger charge is 2.62. The Hall–Kier alpha value is -4.19. The van der Waals surface area contributed by atoms with Gasteiger partial charge in [0.1, 0.15) is 17.7 Å². The van der Waals surface area contributed by atoms with Gasteiger partial charge in [-0.15, -0.1) is 6.58 Å². The average molecular weight is 852 g/mol. The van der Waals surface area contributed by atoms with Crippen LogP contribution in [0, 0.1) is 11.8 Å². The van der Waals surface area contributed by atoms with Crippen molar-refractivity contribution in [2.24, 2.45) is 11.8 Å². The molecule has 4 N–H and O–H groups in total. The summed E-state index contributed by atoms with van der Waals surface area (Å²) in [6.45, 7) is 6.89. The number of rotatable bonds is 7. The average Bonchev–Trinajstić information content (AvgIpc) is 4.08. The van der Waals surface area contributed by atoms with Crippen molar-refractivity contribution in [3.63, 3.8) is 0 Å². The highest BCUT2D eigenvalue weighted by Crippen LogP contribution is 2.45. The van der Waals surface area contributed by atoms with Crippen LogP contribution >= 0.6 is 0 Å². The maximum absolute atomic E-state index is 14.8. The number of carboxylic acids is 1. The standard InChI is InChI=1S/C39H55N5O7S.C2HF3O2/c1-3-29-21-39(29,37(47)42-52(49,50)31-18-19-31)41-35(45)33-20-30-23-44(33)36(46)34(27-14-9-6-10-15-27)40-25(2)12-7-4-5-8-13-26-16-11-17-28-22-43(24-32(26)28)38(48)51-30;3-2(4,5)1(6)7/h3,11,16-17,25,27,29-31,33-34,40H,1,4-10,12-15,18-24H2,2H3,(H,41,45)(H,42,47);(H,6,7)/t25-,29-,30-,33+,34+,39-;/m1./s1. The SMILES string of the molecule is C=C[C@@H]1C[C@]1(NC(=O)[C@@H]1C[C@@H]2CN1C(=O)[C@H](C1CCCCC1)N[C@H](C)CCCCCCc1cccc3c1CN(C3)C(=O)O2)C(=O)NS(=O)(=O)C1CC1.O=C(O)C(F)(F)F. The maximum Gasteiger partial charge on any atom is 0.490 e. The Morgan fingerprint density at radius 3 is 2.27 bits per heavy atom. The first-order valence-electron chi connectivity index (χ1n) is 20.9. The number of nitrogens with one attached hydrogen (secondary N) is 3. The molecular formula is C41H56F3N5O9S. The fraction of sp³-hybridized carbons (Fsp3) is 0.683. The topological polar surface area (TPSA) is 192 Å². The molecule has 7 rings (SSSR count). The van der Waals surface area contributed by atoms with Crippen LogP contribution in [0.15, 0.2) is 30.9 Å². The van der Waals surface area contributed by atoms with Gasteiger partial charge in [0.05, 0.1) is 17.8 Å². The van der Waals surface area contributed by atoms with Crippen LogP contribution in [0.4, 0.5) is 18.0 Å². The number of amides is 4. The molecular weight excluding hydrogens is 796 g/mol. The van der Waals surface area contributed by atoms with E-state index in [2.05, 4.69) is 47.1 Å². The molecule has 0 aromatic heterocycles. The van der Waals surface area contributed by atoms with E-state index in [-0.39, 0.29) is 37.3 Å². The Bertz CT molecular complexity index is 1890. The van der Waals surface area contributed by atoms with Gasteiger partial charge in [-0.3, -0.25) is 24.0 Å². The molecule has 18 heteroatoms. The molecule has 1 saturated heterocycles. The van der Waals surface area contributed by atoms with Crippen LogP contribution in [-0.2, 0) is 53.4 Å². The number of carbonyl (C=O) groups is 5. The van der Waals surface area contributed by atoms with Crippen molar-refractivity contribution in [1.82, 2.24) is 25.2 Å². The van der Waals surface area contributed by atoms with E-state index in [1.54, 1.807) is 15.9 Å². The molecule has 3 heterocycles. The summed E-state index contributed by atoms with van der Waals surface area (Å²) in [4.78, 5) is 68.5. The first-order chi connectivity index (χ1) is 27.9. The summed E-state index contributed by atoms with van der Waals surface area (Å²) in [5, 5.41) is 13.1. The number of benzene rings is 1. The third kappa shape index (κ3) is 10.6. The quantitative estimate of drug-likeness (QED) is 0.276. The van der Waals surface area contributed by atoms with Crippen LogP contribution in [0.2, 0.25) is 0 Å². The van der Waals surface area contributed by atoms with Crippen molar-refractivity contribution in [1.29, 1.82) is 0 Å². The van der Waals surface area contributed by atoms with Gasteiger partial charge in [0.2, 0.25) is 21.8 Å². The lowest BCUT2D eigenvalue weighted by Gasteiger charge is -2.36. The Kier molecular flexibility index (Phi) is 13.7. The van der Waals surface area contributed by atoms with Crippen LogP contribution in [0.5, 0.6) is 0 Å².